The standard InChI is InChI=1S/C11H11N3O3/c1-7-6-9(14-17-7)13-11(15)8-4-3-5-10(12-8)16-2/h3-6H,1-2H3,(H,13,14,15). The van der Waals surface area contributed by atoms with E-state index in [1.165, 1.54) is 7.11 Å². The van der Waals surface area contributed by atoms with Crippen LogP contribution in [0.15, 0.2) is 28.8 Å². The van der Waals surface area contributed by atoms with Gasteiger partial charge in [-0.1, -0.05) is 11.2 Å². The van der Waals surface area contributed by atoms with Gasteiger partial charge in [-0.25, -0.2) is 4.98 Å². The second-order valence-electron chi connectivity index (χ2n) is 3.34. The number of pyridine rings is 1. The molecule has 0 aliphatic rings. The number of nitrogens with zero attached hydrogens (tertiary/aromatic N) is 2. The monoisotopic (exact) mass is 233 g/mol. The number of amides is 1. The van der Waals surface area contributed by atoms with Crippen molar-refractivity contribution in [2.24, 2.45) is 0 Å². The number of ether oxygens (including phenoxy) is 1. The van der Waals surface area contributed by atoms with Crippen molar-refractivity contribution in [3.63, 3.8) is 0 Å². The van der Waals surface area contributed by atoms with Crippen LogP contribution in [0.4, 0.5) is 5.82 Å². The van der Waals surface area contributed by atoms with E-state index in [-0.39, 0.29) is 11.6 Å². The van der Waals surface area contributed by atoms with Gasteiger partial charge < -0.3 is 14.6 Å². The molecular weight excluding hydrogens is 222 g/mol. The van der Waals surface area contributed by atoms with Crippen molar-refractivity contribution in [3.8, 4) is 5.88 Å². The fourth-order valence-corrected chi connectivity index (χ4v) is 1.26. The highest BCUT2D eigenvalue weighted by Gasteiger charge is 2.10. The smallest absolute Gasteiger partial charge is 0.275 e. The van der Waals surface area contributed by atoms with Crippen molar-refractivity contribution < 1.29 is 14.1 Å². The molecule has 0 spiro atoms. The maximum atomic E-state index is 11.8. The van der Waals surface area contributed by atoms with Gasteiger partial charge in [0, 0.05) is 12.1 Å². The number of methoxy groups -OCH3 is 1. The maximum Gasteiger partial charge on any atom is 0.275 e. The SMILES string of the molecule is COc1cccc(C(=O)Nc2cc(C)on2)n1. The molecule has 0 saturated heterocycles. The Kier molecular flexibility index (Phi) is 3.04. The summed E-state index contributed by atoms with van der Waals surface area (Å²) < 4.78 is 9.77. The summed E-state index contributed by atoms with van der Waals surface area (Å²) in [4.78, 5) is 15.8. The van der Waals surface area contributed by atoms with Gasteiger partial charge in [0.25, 0.3) is 5.91 Å². The summed E-state index contributed by atoms with van der Waals surface area (Å²) in [6, 6.07) is 6.56. The number of aromatic nitrogens is 2. The lowest BCUT2D eigenvalue weighted by molar-refractivity contribution is 0.102. The van der Waals surface area contributed by atoms with E-state index >= 15 is 0 Å². The molecule has 0 atom stereocenters. The minimum atomic E-state index is -0.364. The summed E-state index contributed by atoms with van der Waals surface area (Å²) in [5.41, 5.74) is 0.255. The van der Waals surface area contributed by atoms with Crippen LogP contribution in [0, 0.1) is 6.92 Å². The second kappa shape index (κ2) is 4.65. The van der Waals surface area contributed by atoms with Gasteiger partial charge in [-0.3, -0.25) is 4.79 Å². The van der Waals surface area contributed by atoms with Crippen LogP contribution in [-0.4, -0.2) is 23.2 Å². The number of hydrogen-bond donors (Lipinski definition) is 1. The number of aryl methyl sites for hydroxylation is 1. The van der Waals surface area contributed by atoms with Crippen molar-refractivity contribution in [2.75, 3.05) is 12.4 Å². The largest absolute Gasteiger partial charge is 0.481 e. The quantitative estimate of drug-likeness (QED) is 0.871. The summed E-state index contributed by atoms with van der Waals surface area (Å²) in [5, 5.41) is 6.23. The summed E-state index contributed by atoms with van der Waals surface area (Å²) >= 11 is 0. The summed E-state index contributed by atoms with van der Waals surface area (Å²) in [7, 11) is 1.49. The molecule has 0 aromatic carbocycles. The zero-order chi connectivity index (χ0) is 12.3. The van der Waals surface area contributed by atoms with Gasteiger partial charge in [0.1, 0.15) is 11.5 Å². The molecule has 0 aliphatic heterocycles. The first-order valence-electron chi connectivity index (χ1n) is 4.95. The van der Waals surface area contributed by atoms with Crippen molar-refractivity contribution in [1.29, 1.82) is 0 Å². The van der Waals surface area contributed by atoms with Gasteiger partial charge in [0.05, 0.1) is 7.11 Å². The zero-order valence-electron chi connectivity index (χ0n) is 9.43. The molecule has 1 amide bonds. The summed E-state index contributed by atoms with van der Waals surface area (Å²) in [6.45, 7) is 1.74. The van der Waals surface area contributed by atoms with Crippen molar-refractivity contribution in [2.45, 2.75) is 6.92 Å². The van der Waals surface area contributed by atoms with E-state index in [1.807, 2.05) is 0 Å². The van der Waals surface area contributed by atoms with Gasteiger partial charge >= 0.3 is 0 Å². The normalized spacial score (nSPS) is 10.0. The van der Waals surface area contributed by atoms with Crippen molar-refractivity contribution >= 4 is 11.7 Å². The molecule has 2 rings (SSSR count). The molecule has 6 heteroatoms. The number of rotatable bonds is 3. The Labute approximate surface area is 97.6 Å². The molecule has 0 bridgehead atoms. The van der Waals surface area contributed by atoms with Gasteiger partial charge in [0.15, 0.2) is 5.82 Å². The zero-order valence-corrected chi connectivity index (χ0v) is 9.43. The van der Waals surface area contributed by atoms with E-state index in [0.29, 0.717) is 17.5 Å². The Hall–Kier alpha value is -2.37. The van der Waals surface area contributed by atoms with Crippen LogP contribution < -0.4 is 10.1 Å². The molecule has 17 heavy (non-hydrogen) atoms. The third-order valence-electron chi connectivity index (χ3n) is 2.03. The molecule has 0 fully saturated rings. The molecular formula is C11H11N3O3. The molecule has 0 unspecified atom stereocenters. The fourth-order valence-electron chi connectivity index (χ4n) is 1.26. The number of carbonyl (C=O) groups excluding carboxylic acids is 1. The van der Waals surface area contributed by atoms with Crippen LogP contribution >= 0.6 is 0 Å². The average molecular weight is 233 g/mol. The van der Waals surface area contributed by atoms with Crippen LogP contribution in [0.3, 0.4) is 0 Å². The lowest BCUT2D eigenvalue weighted by Gasteiger charge is -2.02. The van der Waals surface area contributed by atoms with Gasteiger partial charge in [-0.2, -0.15) is 0 Å². The van der Waals surface area contributed by atoms with E-state index in [2.05, 4.69) is 15.5 Å². The Morgan fingerprint density at radius 2 is 2.29 bits per heavy atom. The Balaban J connectivity index is 2.14. The molecule has 88 valence electrons. The van der Waals surface area contributed by atoms with Crippen molar-refractivity contribution in [1.82, 2.24) is 10.1 Å². The molecule has 0 saturated carbocycles. The molecule has 2 heterocycles. The topological polar surface area (TPSA) is 77.2 Å². The summed E-state index contributed by atoms with van der Waals surface area (Å²) in [5.74, 6) is 1.00. The van der Waals surface area contributed by atoms with Crippen molar-refractivity contribution in [3.05, 3.63) is 35.7 Å². The minimum absolute atomic E-state index is 0.255. The number of nitrogens with one attached hydrogen (secondary N) is 1. The van der Waals surface area contributed by atoms with E-state index in [1.54, 1.807) is 31.2 Å². The van der Waals surface area contributed by atoms with Gasteiger partial charge in [-0.05, 0) is 13.0 Å². The predicted molar refractivity (Wildman–Crippen MR) is 60.0 cm³/mol. The highest BCUT2D eigenvalue weighted by Crippen LogP contribution is 2.11. The van der Waals surface area contributed by atoms with Crippen LogP contribution in [0.2, 0.25) is 0 Å². The summed E-state index contributed by atoms with van der Waals surface area (Å²) in [6.07, 6.45) is 0. The van der Waals surface area contributed by atoms with Gasteiger partial charge in [0.2, 0.25) is 5.88 Å². The second-order valence-corrected chi connectivity index (χ2v) is 3.34. The lowest BCUT2D eigenvalue weighted by Crippen LogP contribution is -2.14. The molecule has 1 N–H and O–H groups in total. The van der Waals surface area contributed by atoms with Crippen LogP contribution in [0.5, 0.6) is 5.88 Å². The third-order valence-corrected chi connectivity index (χ3v) is 2.03. The Morgan fingerprint density at radius 3 is 2.94 bits per heavy atom. The van der Waals surface area contributed by atoms with E-state index in [4.69, 9.17) is 9.26 Å². The number of hydrogen-bond acceptors (Lipinski definition) is 5. The molecule has 0 aliphatic carbocycles. The Morgan fingerprint density at radius 1 is 1.47 bits per heavy atom. The number of carbonyl (C=O) groups is 1. The highest BCUT2D eigenvalue weighted by atomic mass is 16.5. The lowest BCUT2D eigenvalue weighted by atomic mass is 10.3. The van der Waals surface area contributed by atoms with Crippen LogP contribution in [0.25, 0.3) is 0 Å². The van der Waals surface area contributed by atoms with Crippen LogP contribution in [0.1, 0.15) is 16.2 Å². The van der Waals surface area contributed by atoms with Gasteiger partial charge in [-0.15, -0.1) is 0 Å². The van der Waals surface area contributed by atoms with Crippen LogP contribution in [-0.2, 0) is 0 Å². The fraction of sp³-hybridized carbons (Fsp3) is 0.182. The molecule has 0 radical (unpaired) electrons. The first-order chi connectivity index (χ1) is 8.19. The molecule has 6 nitrogen and oxygen atoms in total. The first kappa shape index (κ1) is 11.1. The average Bonchev–Trinajstić information content (AvgIpc) is 2.75. The van der Waals surface area contributed by atoms with E-state index < -0.39 is 0 Å². The highest BCUT2D eigenvalue weighted by molar-refractivity contribution is 6.02. The first-order valence-corrected chi connectivity index (χ1v) is 4.95. The van der Waals surface area contributed by atoms with E-state index in [0.717, 1.165) is 0 Å². The predicted octanol–water partition coefficient (Wildman–Crippen LogP) is 1.64. The third kappa shape index (κ3) is 2.60. The number of anilines is 1. The Bertz CT molecular complexity index is 536. The minimum Gasteiger partial charge on any atom is -0.481 e. The molecule has 2 aromatic heterocycles. The van der Waals surface area contributed by atoms with E-state index in [9.17, 15) is 4.79 Å². The molecule has 2 aromatic rings. The maximum absolute atomic E-state index is 11.8.